The first-order valence-corrected chi connectivity index (χ1v) is 6.08. The molecule has 2 rings (SSSR count). The number of benzene rings is 1. The number of nitrogens with zero attached hydrogens (tertiary/aromatic N) is 1. The molecule has 1 fully saturated rings. The molecule has 0 bridgehead atoms. The summed E-state index contributed by atoms with van der Waals surface area (Å²) in [5, 5.41) is 8.86. The van der Waals surface area contributed by atoms with Crippen LogP contribution in [0.15, 0.2) is 18.2 Å². The first-order chi connectivity index (χ1) is 9.20. The molecule has 0 aromatic heterocycles. The van der Waals surface area contributed by atoms with Gasteiger partial charge < -0.3 is 19.5 Å². The van der Waals surface area contributed by atoms with Crippen LogP contribution in [0.25, 0.3) is 0 Å². The molecule has 1 heterocycles. The highest BCUT2D eigenvalue weighted by Gasteiger charge is 2.17. The lowest BCUT2D eigenvalue weighted by atomic mass is 10.2. The van der Waals surface area contributed by atoms with Crippen molar-refractivity contribution in [2.45, 2.75) is 6.61 Å². The zero-order valence-corrected chi connectivity index (χ0v) is 10.5. The number of halogens is 1. The van der Waals surface area contributed by atoms with Gasteiger partial charge in [0.1, 0.15) is 0 Å². The summed E-state index contributed by atoms with van der Waals surface area (Å²) in [6.45, 7) is 1.68. The maximum atomic E-state index is 13.5. The number of morpholine rings is 1. The third-order valence-electron chi connectivity index (χ3n) is 2.89. The van der Waals surface area contributed by atoms with Crippen molar-refractivity contribution < 1.29 is 23.8 Å². The summed E-state index contributed by atoms with van der Waals surface area (Å²) in [5.41, 5.74) is 0.462. The zero-order chi connectivity index (χ0) is 13.7. The highest BCUT2D eigenvalue weighted by atomic mass is 19.1. The molecule has 1 aliphatic rings. The lowest BCUT2D eigenvalue weighted by molar-refractivity contribution is -0.137. The molecular formula is C13H16FNO4. The standard InChI is InChI=1S/C13H16FNO4/c14-11-7-10(8-16)1-2-12(11)19-9-13(17)15-3-5-18-6-4-15/h1-2,7,16H,3-6,8-9H2. The van der Waals surface area contributed by atoms with E-state index >= 15 is 0 Å². The van der Waals surface area contributed by atoms with E-state index in [1.54, 1.807) is 11.0 Å². The largest absolute Gasteiger partial charge is 0.481 e. The monoisotopic (exact) mass is 269 g/mol. The van der Waals surface area contributed by atoms with E-state index in [1.807, 2.05) is 0 Å². The van der Waals surface area contributed by atoms with Gasteiger partial charge >= 0.3 is 0 Å². The Kier molecular flexibility index (Phi) is 4.70. The molecule has 1 N–H and O–H groups in total. The van der Waals surface area contributed by atoms with Crippen LogP contribution in [0.4, 0.5) is 4.39 Å². The second-order valence-corrected chi connectivity index (χ2v) is 4.20. The van der Waals surface area contributed by atoms with Crippen LogP contribution in [0.5, 0.6) is 5.75 Å². The van der Waals surface area contributed by atoms with E-state index in [0.717, 1.165) is 0 Å². The van der Waals surface area contributed by atoms with Gasteiger partial charge in [0, 0.05) is 13.1 Å². The zero-order valence-electron chi connectivity index (χ0n) is 10.5. The lowest BCUT2D eigenvalue weighted by Gasteiger charge is -2.26. The fourth-order valence-electron chi connectivity index (χ4n) is 1.80. The predicted octanol–water partition coefficient (Wildman–Crippen LogP) is 0.556. The van der Waals surface area contributed by atoms with Crippen molar-refractivity contribution >= 4 is 5.91 Å². The average Bonchev–Trinajstić information content (AvgIpc) is 2.46. The molecule has 104 valence electrons. The summed E-state index contributed by atoms with van der Waals surface area (Å²) in [6, 6.07) is 4.15. The highest BCUT2D eigenvalue weighted by molar-refractivity contribution is 5.77. The average molecular weight is 269 g/mol. The molecular weight excluding hydrogens is 253 g/mol. The predicted molar refractivity (Wildman–Crippen MR) is 65.2 cm³/mol. The Hall–Kier alpha value is -1.66. The summed E-state index contributed by atoms with van der Waals surface area (Å²) in [7, 11) is 0. The third kappa shape index (κ3) is 3.65. The quantitative estimate of drug-likeness (QED) is 0.867. The fourth-order valence-corrected chi connectivity index (χ4v) is 1.80. The van der Waals surface area contributed by atoms with Gasteiger partial charge in [0.2, 0.25) is 0 Å². The molecule has 1 aromatic carbocycles. The number of hydrogen-bond donors (Lipinski definition) is 1. The number of aliphatic hydroxyl groups excluding tert-OH is 1. The molecule has 0 atom stereocenters. The van der Waals surface area contributed by atoms with Crippen molar-refractivity contribution in [1.82, 2.24) is 4.90 Å². The van der Waals surface area contributed by atoms with Gasteiger partial charge in [-0.2, -0.15) is 0 Å². The van der Waals surface area contributed by atoms with Gasteiger partial charge in [0.25, 0.3) is 5.91 Å². The van der Waals surface area contributed by atoms with Crippen LogP contribution in [0, 0.1) is 5.82 Å². The number of carbonyl (C=O) groups is 1. The number of amides is 1. The molecule has 19 heavy (non-hydrogen) atoms. The van der Waals surface area contributed by atoms with Gasteiger partial charge in [-0.05, 0) is 17.7 Å². The normalized spacial score (nSPS) is 15.4. The Balaban J connectivity index is 1.89. The topological polar surface area (TPSA) is 59.0 Å². The molecule has 0 unspecified atom stereocenters. The Bertz CT molecular complexity index is 446. The van der Waals surface area contributed by atoms with Crippen LogP contribution in [0.3, 0.4) is 0 Å². The van der Waals surface area contributed by atoms with Gasteiger partial charge in [-0.15, -0.1) is 0 Å². The maximum absolute atomic E-state index is 13.5. The first kappa shape index (κ1) is 13.8. The molecule has 1 aliphatic heterocycles. The maximum Gasteiger partial charge on any atom is 0.260 e. The number of rotatable bonds is 4. The summed E-state index contributed by atoms with van der Waals surface area (Å²) in [6.07, 6.45) is 0. The van der Waals surface area contributed by atoms with E-state index in [1.165, 1.54) is 12.1 Å². The Morgan fingerprint density at radius 3 is 2.79 bits per heavy atom. The van der Waals surface area contributed by atoms with E-state index in [-0.39, 0.29) is 24.9 Å². The van der Waals surface area contributed by atoms with E-state index < -0.39 is 5.82 Å². The fraction of sp³-hybridized carbons (Fsp3) is 0.462. The smallest absolute Gasteiger partial charge is 0.260 e. The van der Waals surface area contributed by atoms with Crippen molar-refractivity contribution in [2.75, 3.05) is 32.9 Å². The molecule has 0 radical (unpaired) electrons. The second kappa shape index (κ2) is 6.49. The minimum atomic E-state index is -0.582. The first-order valence-electron chi connectivity index (χ1n) is 6.08. The van der Waals surface area contributed by atoms with Crippen LogP contribution in [0.1, 0.15) is 5.56 Å². The summed E-state index contributed by atoms with van der Waals surface area (Å²) in [4.78, 5) is 13.4. The number of carbonyl (C=O) groups excluding carboxylic acids is 1. The van der Waals surface area contributed by atoms with Crippen LogP contribution in [0.2, 0.25) is 0 Å². The summed E-state index contributed by atoms with van der Waals surface area (Å²) >= 11 is 0. The van der Waals surface area contributed by atoms with Crippen LogP contribution in [-0.4, -0.2) is 48.8 Å². The van der Waals surface area contributed by atoms with Crippen molar-refractivity contribution in [1.29, 1.82) is 0 Å². The molecule has 5 nitrogen and oxygen atoms in total. The summed E-state index contributed by atoms with van der Waals surface area (Å²) < 4.78 is 23.9. The molecule has 1 saturated heterocycles. The van der Waals surface area contributed by atoms with E-state index in [4.69, 9.17) is 14.6 Å². The molecule has 6 heteroatoms. The van der Waals surface area contributed by atoms with Crippen molar-refractivity contribution in [2.24, 2.45) is 0 Å². The number of ether oxygens (including phenoxy) is 2. The van der Waals surface area contributed by atoms with Crippen molar-refractivity contribution in [3.63, 3.8) is 0 Å². The molecule has 1 aromatic rings. The van der Waals surface area contributed by atoms with Gasteiger partial charge in [-0.25, -0.2) is 4.39 Å². The Labute approximate surface area is 110 Å². The lowest BCUT2D eigenvalue weighted by Crippen LogP contribution is -2.43. The molecule has 0 spiro atoms. The minimum Gasteiger partial charge on any atom is -0.481 e. The van der Waals surface area contributed by atoms with Crippen LogP contribution < -0.4 is 4.74 Å². The van der Waals surface area contributed by atoms with Crippen molar-refractivity contribution in [3.05, 3.63) is 29.6 Å². The highest BCUT2D eigenvalue weighted by Crippen LogP contribution is 2.18. The number of hydrogen-bond acceptors (Lipinski definition) is 4. The second-order valence-electron chi connectivity index (χ2n) is 4.20. The van der Waals surface area contributed by atoms with E-state index in [2.05, 4.69) is 0 Å². The van der Waals surface area contributed by atoms with Crippen LogP contribution in [-0.2, 0) is 16.1 Å². The van der Waals surface area contributed by atoms with Gasteiger partial charge in [-0.3, -0.25) is 4.79 Å². The third-order valence-corrected chi connectivity index (χ3v) is 2.89. The molecule has 1 amide bonds. The Morgan fingerprint density at radius 1 is 1.42 bits per heavy atom. The minimum absolute atomic E-state index is 0.0128. The number of aliphatic hydroxyl groups is 1. The van der Waals surface area contributed by atoms with Crippen molar-refractivity contribution in [3.8, 4) is 5.75 Å². The van der Waals surface area contributed by atoms with E-state index in [0.29, 0.717) is 31.9 Å². The molecule has 0 saturated carbocycles. The van der Waals surface area contributed by atoms with Crippen LogP contribution >= 0.6 is 0 Å². The summed E-state index contributed by atoms with van der Waals surface area (Å²) in [5.74, 6) is -0.755. The van der Waals surface area contributed by atoms with Gasteiger partial charge in [0.15, 0.2) is 18.2 Å². The van der Waals surface area contributed by atoms with Gasteiger partial charge in [0.05, 0.1) is 19.8 Å². The van der Waals surface area contributed by atoms with Gasteiger partial charge in [-0.1, -0.05) is 6.07 Å². The Morgan fingerprint density at radius 2 is 2.16 bits per heavy atom. The SMILES string of the molecule is O=C(COc1ccc(CO)cc1F)N1CCOCC1. The molecule has 0 aliphatic carbocycles. The van der Waals surface area contributed by atoms with E-state index in [9.17, 15) is 9.18 Å².